The highest BCUT2D eigenvalue weighted by Gasteiger charge is 2.28. The van der Waals surface area contributed by atoms with Crippen LogP contribution in [0, 0.1) is 0 Å². The van der Waals surface area contributed by atoms with Crippen LogP contribution in [0.3, 0.4) is 0 Å². The van der Waals surface area contributed by atoms with Crippen LogP contribution < -0.4 is 0 Å². The van der Waals surface area contributed by atoms with Crippen molar-refractivity contribution >= 4 is 17.8 Å². The molecule has 2 atom stereocenters. The number of benzene rings is 1. The van der Waals surface area contributed by atoms with Crippen LogP contribution in [-0.4, -0.2) is 58.4 Å². The van der Waals surface area contributed by atoms with Crippen LogP contribution in [0.2, 0.25) is 0 Å². The van der Waals surface area contributed by atoms with E-state index in [1.165, 1.54) is 11.8 Å². The van der Waals surface area contributed by atoms with E-state index >= 15 is 0 Å². The van der Waals surface area contributed by atoms with E-state index in [1.54, 1.807) is 0 Å². The second kappa shape index (κ2) is 9.36. The second-order valence-corrected chi connectivity index (χ2v) is 7.02. The number of carbonyl (C=O) groups excluding carboxylic acids is 2. The molecule has 1 saturated heterocycles. The normalized spacial score (nSPS) is 18.7. The van der Waals surface area contributed by atoms with Gasteiger partial charge in [-0.05, 0) is 30.7 Å². The van der Waals surface area contributed by atoms with E-state index in [9.17, 15) is 14.4 Å². The van der Waals surface area contributed by atoms with E-state index in [2.05, 4.69) is 6.92 Å². The van der Waals surface area contributed by atoms with Crippen molar-refractivity contribution in [2.75, 3.05) is 19.6 Å². The Bertz CT molecular complexity index is 632. The van der Waals surface area contributed by atoms with Crippen molar-refractivity contribution in [3.05, 3.63) is 35.9 Å². The lowest BCUT2D eigenvalue weighted by Gasteiger charge is -2.29. The number of hydrogen-bond donors (Lipinski definition) is 1. The second-order valence-electron chi connectivity index (χ2n) is 7.02. The van der Waals surface area contributed by atoms with Crippen molar-refractivity contribution < 1.29 is 19.5 Å². The number of carboxylic acid groups (broad SMARTS) is 1. The highest BCUT2D eigenvalue weighted by molar-refractivity contribution is 5.80. The Hall–Kier alpha value is -2.37. The summed E-state index contributed by atoms with van der Waals surface area (Å²) in [5.74, 6) is -0.956. The van der Waals surface area contributed by atoms with Crippen LogP contribution in [0.4, 0.5) is 0 Å². The van der Waals surface area contributed by atoms with E-state index < -0.39 is 5.97 Å². The van der Waals surface area contributed by atoms with Crippen molar-refractivity contribution in [2.24, 2.45) is 0 Å². The van der Waals surface area contributed by atoms with Gasteiger partial charge >= 0.3 is 5.97 Å². The molecule has 0 radical (unpaired) electrons. The topological polar surface area (TPSA) is 77.9 Å². The number of carbonyl (C=O) groups is 3. The van der Waals surface area contributed by atoms with Gasteiger partial charge in [0.05, 0.1) is 0 Å². The lowest BCUT2D eigenvalue weighted by molar-refractivity contribution is -0.145. The van der Waals surface area contributed by atoms with Crippen molar-refractivity contribution in [3.63, 3.8) is 0 Å². The monoisotopic (exact) mass is 360 g/mol. The van der Waals surface area contributed by atoms with E-state index in [-0.39, 0.29) is 30.3 Å². The minimum atomic E-state index is -1.01. The molecule has 26 heavy (non-hydrogen) atoms. The standard InChI is InChI=1S/C20H28N2O4/c1-15(17-7-4-3-5-8-17)13-19(24)21-11-6-9-18(10-12-21)22(16(2)23)14-20(25)26/h3-5,7-8,15,18H,6,9-14H2,1-2H3,(H,25,26). The summed E-state index contributed by atoms with van der Waals surface area (Å²) in [6, 6.07) is 9.87. The van der Waals surface area contributed by atoms with Crippen molar-refractivity contribution in [1.29, 1.82) is 0 Å². The number of carboxylic acids is 1. The largest absolute Gasteiger partial charge is 0.480 e. The van der Waals surface area contributed by atoms with Crippen molar-refractivity contribution in [3.8, 4) is 0 Å². The molecule has 1 aromatic rings. The Balaban J connectivity index is 1.93. The first kappa shape index (κ1) is 19.9. The van der Waals surface area contributed by atoms with Gasteiger partial charge in [-0.2, -0.15) is 0 Å². The molecule has 142 valence electrons. The Morgan fingerprint density at radius 3 is 2.50 bits per heavy atom. The maximum Gasteiger partial charge on any atom is 0.323 e. The Morgan fingerprint density at radius 2 is 1.88 bits per heavy atom. The Morgan fingerprint density at radius 1 is 1.19 bits per heavy atom. The molecule has 1 aliphatic rings. The van der Waals surface area contributed by atoms with Gasteiger partial charge in [-0.1, -0.05) is 37.3 Å². The zero-order valence-electron chi connectivity index (χ0n) is 15.6. The zero-order chi connectivity index (χ0) is 19.1. The third kappa shape index (κ3) is 5.58. The fourth-order valence-corrected chi connectivity index (χ4v) is 3.57. The number of rotatable bonds is 6. The molecule has 1 heterocycles. The zero-order valence-corrected chi connectivity index (χ0v) is 15.6. The smallest absolute Gasteiger partial charge is 0.323 e. The molecular formula is C20H28N2O4. The molecule has 2 amide bonds. The molecule has 6 nitrogen and oxygen atoms in total. The maximum absolute atomic E-state index is 12.7. The highest BCUT2D eigenvalue weighted by Crippen LogP contribution is 2.22. The van der Waals surface area contributed by atoms with E-state index in [4.69, 9.17) is 5.11 Å². The molecule has 2 unspecified atom stereocenters. The van der Waals surface area contributed by atoms with Gasteiger partial charge in [0.1, 0.15) is 6.54 Å². The number of likely N-dealkylation sites (tertiary alicyclic amines) is 1. The van der Waals surface area contributed by atoms with Gasteiger partial charge in [0, 0.05) is 32.5 Å². The molecule has 1 N–H and O–H groups in total. The minimum absolute atomic E-state index is 0.118. The molecule has 1 aliphatic heterocycles. The molecule has 0 saturated carbocycles. The summed E-state index contributed by atoms with van der Waals surface area (Å²) in [6.45, 7) is 4.40. The third-order valence-electron chi connectivity index (χ3n) is 5.05. The van der Waals surface area contributed by atoms with Gasteiger partial charge in [-0.25, -0.2) is 0 Å². The van der Waals surface area contributed by atoms with Gasteiger partial charge in [0.15, 0.2) is 0 Å². The van der Waals surface area contributed by atoms with Crippen LogP contribution in [0.25, 0.3) is 0 Å². The van der Waals surface area contributed by atoms with Crippen LogP contribution >= 0.6 is 0 Å². The SMILES string of the molecule is CC(=O)N(CC(=O)O)C1CCCN(C(=O)CC(C)c2ccccc2)CC1. The summed E-state index contributed by atoms with van der Waals surface area (Å²) in [7, 11) is 0. The van der Waals surface area contributed by atoms with Crippen molar-refractivity contribution in [2.45, 2.75) is 51.5 Å². The van der Waals surface area contributed by atoms with Gasteiger partial charge in [-0.3, -0.25) is 14.4 Å². The fraction of sp³-hybridized carbons (Fsp3) is 0.550. The van der Waals surface area contributed by atoms with Gasteiger partial charge < -0.3 is 14.9 Å². The Kier molecular flexibility index (Phi) is 7.18. The summed E-state index contributed by atoms with van der Waals surface area (Å²) in [5, 5.41) is 9.02. The molecule has 1 aromatic carbocycles. The summed E-state index contributed by atoms with van der Waals surface area (Å²) in [5.41, 5.74) is 1.15. The van der Waals surface area contributed by atoms with E-state index in [0.29, 0.717) is 25.9 Å². The summed E-state index contributed by atoms with van der Waals surface area (Å²) in [4.78, 5) is 38.8. The summed E-state index contributed by atoms with van der Waals surface area (Å²) in [6.07, 6.45) is 2.59. The Labute approximate surface area is 154 Å². The van der Waals surface area contributed by atoms with Crippen LogP contribution in [0.15, 0.2) is 30.3 Å². The minimum Gasteiger partial charge on any atom is -0.480 e. The average Bonchev–Trinajstić information content (AvgIpc) is 2.86. The summed E-state index contributed by atoms with van der Waals surface area (Å²) >= 11 is 0. The fourth-order valence-electron chi connectivity index (χ4n) is 3.57. The highest BCUT2D eigenvalue weighted by atomic mass is 16.4. The third-order valence-corrected chi connectivity index (χ3v) is 5.05. The van der Waals surface area contributed by atoms with Crippen LogP contribution in [0.1, 0.15) is 51.0 Å². The number of aliphatic carboxylic acids is 1. The molecule has 0 spiro atoms. The average molecular weight is 360 g/mol. The van der Waals surface area contributed by atoms with Gasteiger partial charge in [0.25, 0.3) is 0 Å². The number of hydrogen-bond acceptors (Lipinski definition) is 3. The van der Waals surface area contributed by atoms with E-state index in [1.807, 2.05) is 35.2 Å². The lowest BCUT2D eigenvalue weighted by Crippen LogP contribution is -2.43. The first-order valence-electron chi connectivity index (χ1n) is 9.20. The van der Waals surface area contributed by atoms with Gasteiger partial charge in [0.2, 0.25) is 11.8 Å². The lowest BCUT2D eigenvalue weighted by atomic mass is 9.97. The number of nitrogens with zero attached hydrogens (tertiary/aromatic N) is 2. The first-order chi connectivity index (χ1) is 12.4. The number of amides is 2. The quantitative estimate of drug-likeness (QED) is 0.845. The van der Waals surface area contributed by atoms with Gasteiger partial charge in [-0.15, -0.1) is 0 Å². The van der Waals surface area contributed by atoms with Crippen LogP contribution in [0.5, 0.6) is 0 Å². The molecule has 6 heteroatoms. The molecule has 2 rings (SSSR count). The predicted octanol–water partition coefficient (Wildman–Crippen LogP) is 2.49. The van der Waals surface area contributed by atoms with Crippen LogP contribution in [-0.2, 0) is 14.4 Å². The molecule has 0 aliphatic carbocycles. The first-order valence-corrected chi connectivity index (χ1v) is 9.20. The molecular weight excluding hydrogens is 332 g/mol. The van der Waals surface area contributed by atoms with Crippen molar-refractivity contribution in [1.82, 2.24) is 9.80 Å². The molecule has 0 bridgehead atoms. The summed E-state index contributed by atoms with van der Waals surface area (Å²) < 4.78 is 0. The predicted molar refractivity (Wildman–Crippen MR) is 98.7 cm³/mol. The molecule has 0 aromatic heterocycles. The molecule has 1 fully saturated rings. The maximum atomic E-state index is 12.7. The van der Waals surface area contributed by atoms with E-state index in [0.717, 1.165) is 18.4 Å².